The molecular weight excluding hydrogens is 441 g/mol. The zero-order valence-electron chi connectivity index (χ0n) is 17.5. The molecule has 10 heteroatoms. The summed E-state index contributed by atoms with van der Waals surface area (Å²) >= 11 is 0. The predicted octanol–water partition coefficient (Wildman–Crippen LogP) is 3.83. The van der Waals surface area contributed by atoms with Gasteiger partial charge in [-0.05, 0) is 41.5 Å². The molecular formula is C23H23F3N2O5. The van der Waals surface area contributed by atoms with E-state index < -0.39 is 30.2 Å². The van der Waals surface area contributed by atoms with E-state index in [2.05, 4.69) is 5.32 Å². The standard InChI is InChI=1S/C23H23F3N2O5/c24-23(25,26)21(31)27-12-6-5-11-19(20(29)30)28-22(32)33-13-18-16-9-3-1-7-14(16)15-8-2-4-10-17(15)18/h1-4,7-10,18-19H,5-6,11-13H2,(H,27,31)(H,28,32)(H,29,30)/t19-/m1/s1. The third-order valence-corrected chi connectivity index (χ3v) is 5.40. The van der Waals surface area contributed by atoms with Gasteiger partial charge in [0, 0.05) is 12.5 Å². The molecule has 0 heterocycles. The number of ether oxygens (including phenoxy) is 1. The first kappa shape index (κ1) is 24.1. The van der Waals surface area contributed by atoms with Crippen LogP contribution in [-0.4, -0.2) is 48.4 Å². The minimum atomic E-state index is -4.96. The summed E-state index contributed by atoms with van der Waals surface area (Å²) in [5.41, 5.74) is 4.15. The highest BCUT2D eigenvalue weighted by atomic mass is 19.4. The third-order valence-electron chi connectivity index (χ3n) is 5.40. The van der Waals surface area contributed by atoms with Gasteiger partial charge >= 0.3 is 24.1 Å². The van der Waals surface area contributed by atoms with E-state index in [1.165, 1.54) is 0 Å². The second-order valence-electron chi connectivity index (χ2n) is 7.61. The number of amides is 2. The highest BCUT2D eigenvalue weighted by Gasteiger charge is 2.38. The number of hydrogen-bond acceptors (Lipinski definition) is 4. The Labute approximate surface area is 187 Å². The van der Waals surface area contributed by atoms with Gasteiger partial charge in [-0.3, -0.25) is 4.79 Å². The van der Waals surface area contributed by atoms with E-state index in [4.69, 9.17) is 4.74 Å². The molecule has 7 nitrogen and oxygen atoms in total. The molecule has 1 atom stereocenters. The lowest BCUT2D eigenvalue weighted by Crippen LogP contribution is -2.41. The van der Waals surface area contributed by atoms with Gasteiger partial charge in [-0.2, -0.15) is 13.2 Å². The van der Waals surface area contributed by atoms with E-state index in [-0.39, 0.29) is 38.3 Å². The molecule has 3 rings (SSSR count). The smallest absolute Gasteiger partial charge is 0.471 e. The lowest BCUT2D eigenvalue weighted by Gasteiger charge is -2.17. The average Bonchev–Trinajstić information content (AvgIpc) is 3.09. The van der Waals surface area contributed by atoms with Crippen molar-refractivity contribution in [2.24, 2.45) is 0 Å². The van der Waals surface area contributed by atoms with Crippen LogP contribution in [0.2, 0.25) is 0 Å². The number of fused-ring (bicyclic) bond motifs is 3. The summed E-state index contributed by atoms with van der Waals surface area (Å²) < 4.78 is 41.7. The molecule has 1 aliphatic carbocycles. The maximum absolute atomic E-state index is 12.2. The number of benzene rings is 2. The molecule has 0 spiro atoms. The maximum Gasteiger partial charge on any atom is 0.471 e. The topological polar surface area (TPSA) is 105 Å². The summed E-state index contributed by atoms with van der Waals surface area (Å²) in [5.74, 6) is -3.51. The van der Waals surface area contributed by atoms with Gasteiger partial charge in [-0.1, -0.05) is 48.5 Å². The minimum Gasteiger partial charge on any atom is -0.480 e. The van der Waals surface area contributed by atoms with Gasteiger partial charge in [0.05, 0.1) is 0 Å². The number of carboxylic acid groups (broad SMARTS) is 1. The van der Waals surface area contributed by atoms with Gasteiger partial charge in [-0.15, -0.1) is 0 Å². The summed E-state index contributed by atoms with van der Waals surface area (Å²) in [6, 6.07) is 14.3. The highest BCUT2D eigenvalue weighted by molar-refractivity contribution is 5.82. The van der Waals surface area contributed by atoms with E-state index in [1.54, 1.807) is 5.32 Å². The first-order chi connectivity index (χ1) is 15.7. The fraction of sp³-hybridized carbons (Fsp3) is 0.348. The van der Waals surface area contributed by atoms with E-state index in [0.29, 0.717) is 0 Å². The molecule has 3 N–H and O–H groups in total. The number of alkyl carbamates (subject to hydrolysis) is 1. The van der Waals surface area contributed by atoms with Crippen LogP contribution in [0.15, 0.2) is 48.5 Å². The molecule has 0 radical (unpaired) electrons. The maximum atomic E-state index is 12.2. The number of unbranched alkanes of at least 4 members (excludes halogenated alkanes) is 1. The van der Waals surface area contributed by atoms with Crippen molar-refractivity contribution in [3.05, 3.63) is 59.7 Å². The number of rotatable bonds is 9. The Balaban J connectivity index is 1.49. The summed E-state index contributed by atoms with van der Waals surface area (Å²) in [4.78, 5) is 34.4. The monoisotopic (exact) mass is 464 g/mol. The van der Waals surface area contributed by atoms with Crippen LogP contribution < -0.4 is 10.6 Å². The first-order valence-electron chi connectivity index (χ1n) is 10.4. The number of nitrogens with one attached hydrogen (secondary N) is 2. The van der Waals surface area contributed by atoms with E-state index in [9.17, 15) is 32.7 Å². The van der Waals surface area contributed by atoms with Crippen molar-refractivity contribution in [2.75, 3.05) is 13.2 Å². The quantitative estimate of drug-likeness (QED) is 0.490. The van der Waals surface area contributed by atoms with Gasteiger partial charge < -0.3 is 20.5 Å². The van der Waals surface area contributed by atoms with Crippen molar-refractivity contribution in [2.45, 2.75) is 37.4 Å². The Morgan fingerprint density at radius 1 is 0.970 bits per heavy atom. The second kappa shape index (κ2) is 10.4. The Hall–Kier alpha value is -3.56. The SMILES string of the molecule is O=C(N[C@H](CCCCNC(=O)C(F)(F)F)C(=O)O)OCC1c2ccccc2-c2ccccc21. The zero-order chi connectivity index (χ0) is 24.0. The molecule has 176 valence electrons. The number of carbonyl (C=O) groups excluding carboxylic acids is 2. The molecule has 0 saturated heterocycles. The summed E-state index contributed by atoms with van der Waals surface area (Å²) in [5, 5.41) is 13.3. The first-order valence-corrected chi connectivity index (χ1v) is 10.4. The van der Waals surface area contributed by atoms with Gasteiger partial charge in [0.25, 0.3) is 0 Å². The molecule has 0 aromatic heterocycles. The largest absolute Gasteiger partial charge is 0.480 e. The number of halogens is 3. The van der Waals surface area contributed by atoms with Gasteiger partial charge in [0.1, 0.15) is 12.6 Å². The fourth-order valence-electron chi connectivity index (χ4n) is 3.82. The lowest BCUT2D eigenvalue weighted by molar-refractivity contribution is -0.173. The van der Waals surface area contributed by atoms with Crippen molar-refractivity contribution in [1.29, 1.82) is 0 Å². The van der Waals surface area contributed by atoms with Crippen molar-refractivity contribution < 1.29 is 37.4 Å². The van der Waals surface area contributed by atoms with Crippen LogP contribution in [0.5, 0.6) is 0 Å². The molecule has 2 aromatic carbocycles. The molecule has 0 saturated carbocycles. The number of aliphatic carboxylic acids is 1. The zero-order valence-corrected chi connectivity index (χ0v) is 17.5. The van der Waals surface area contributed by atoms with E-state index in [1.807, 2.05) is 48.5 Å². The highest BCUT2D eigenvalue weighted by Crippen LogP contribution is 2.44. The van der Waals surface area contributed by atoms with Crippen molar-refractivity contribution in [3.63, 3.8) is 0 Å². The Bertz CT molecular complexity index is 980. The van der Waals surface area contributed by atoms with Gasteiger partial charge in [0.15, 0.2) is 0 Å². The Kier molecular flexibility index (Phi) is 7.57. The molecule has 0 unspecified atom stereocenters. The van der Waals surface area contributed by atoms with Crippen LogP contribution in [0.3, 0.4) is 0 Å². The fourth-order valence-corrected chi connectivity index (χ4v) is 3.82. The van der Waals surface area contributed by atoms with E-state index in [0.717, 1.165) is 22.3 Å². The van der Waals surface area contributed by atoms with Crippen LogP contribution >= 0.6 is 0 Å². The van der Waals surface area contributed by atoms with E-state index >= 15 is 0 Å². The van der Waals surface area contributed by atoms with Crippen molar-refractivity contribution >= 4 is 18.0 Å². The van der Waals surface area contributed by atoms with Crippen LogP contribution in [0.25, 0.3) is 11.1 Å². The summed E-state index contributed by atoms with van der Waals surface area (Å²) in [6.45, 7) is -0.231. The van der Waals surface area contributed by atoms with Crippen LogP contribution in [0.1, 0.15) is 36.3 Å². The molecule has 33 heavy (non-hydrogen) atoms. The lowest BCUT2D eigenvalue weighted by atomic mass is 9.98. The predicted molar refractivity (Wildman–Crippen MR) is 113 cm³/mol. The Morgan fingerprint density at radius 2 is 1.55 bits per heavy atom. The van der Waals surface area contributed by atoms with Gasteiger partial charge in [0.2, 0.25) is 0 Å². The van der Waals surface area contributed by atoms with Crippen molar-refractivity contribution in [3.8, 4) is 11.1 Å². The number of carbonyl (C=O) groups is 3. The molecule has 0 fully saturated rings. The number of carboxylic acids is 1. The normalized spacial score (nSPS) is 13.5. The minimum absolute atomic E-state index is 0.0235. The summed E-state index contributed by atoms with van der Waals surface area (Å²) in [7, 11) is 0. The number of alkyl halides is 3. The Morgan fingerprint density at radius 3 is 2.09 bits per heavy atom. The second-order valence-corrected chi connectivity index (χ2v) is 7.61. The molecule has 2 amide bonds. The average molecular weight is 464 g/mol. The van der Waals surface area contributed by atoms with Crippen LogP contribution in [-0.2, 0) is 14.3 Å². The molecule has 2 aromatic rings. The van der Waals surface area contributed by atoms with Crippen LogP contribution in [0, 0.1) is 0 Å². The number of hydrogen-bond donors (Lipinski definition) is 3. The van der Waals surface area contributed by atoms with Crippen LogP contribution in [0.4, 0.5) is 18.0 Å². The molecule has 1 aliphatic rings. The third kappa shape index (κ3) is 6.03. The summed E-state index contributed by atoms with van der Waals surface area (Å²) in [6.07, 6.45) is -5.58. The van der Waals surface area contributed by atoms with Gasteiger partial charge in [-0.25, -0.2) is 9.59 Å². The van der Waals surface area contributed by atoms with Crippen molar-refractivity contribution in [1.82, 2.24) is 10.6 Å². The molecule has 0 aliphatic heterocycles. The molecule has 0 bridgehead atoms.